The van der Waals surface area contributed by atoms with Crippen LogP contribution in [0.3, 0.4) is 0 Å². The predicted molar refractivity (Wildman–Crippen MR) is 89.7 cm³/mol. The fourth-order valence-electron chi connectivity index (χ4n) is 4.60. The summed E-state index contributed by atoms with van der Waals surface area (Å²) >= 11 is 0. The van der Waals surface area contributed by atoms with Crippen molar-refractivity contribution in [2.24, 2.45) is 17.8 Å². The van der Waals surface area contributed by atoms with E-state index in [0.29, 0.717) is 29.3 Å². The van der Waals surface area contributed by atoms with Gasteiger partial charge in [-0.1, -0.05) is 19.4 Å². The van der Waals surface area contributed by atoms with Crippen molar-refractivity contribution < 1.29 is 14.9 Å². The fourth-order valence-corrected chi connectivity index (χ4v) is 4.60. The lowest BCUT2D eigenvalue weighted by Gasteiger charge is -2.46. The molecule has 1 saturated carbocycles. The van der Waals surface area contributed by atoms with Crippen LogP contribution in [0.2, 0.25) is 0 Å². The Morgan fingerprint density at radius 3 is 2.83 bits per heavy atom. The molecule has 2 N–H and O–H groups in total. The molecular formula is C20H24O3. The Morgan fingerprint density at radius 2 is 2.04 bits per heavy atom. The summed E-state index contributed by atoms with van der Waals surface area (Å²) in [6.45, 7) is 2.32. The summed E-state index contributed by atoms with van der Waals surface area (Å²) in [5, 5.41) is 19.5. The molecule has 0 bridgehead atoms. The Kier molecular flexibility index (Phi) is 3.59. The molecule has 0 amide bonds. The lowest BCUT2D eigenvalue weighted by molar-refractivity contribution is 0.0290. The fraction of sp³-hybridized carbons (Fsp3) is 0.500. The molecule has 2 aliphatic carbocycles. The van der Waals surface area contributed by atoms with E-state index in [4.69, 9.17) is 4.74 Å². The van der Waals surface area contributed by atoms with E-state index >= 15 is 0 Å². The predicted octanol–water partition coefficient (Wildman–Crippen LogP) is 4.69. The molecule has 4 rings (SSSR count). The molecule has 1 aliphatic heterocycles. The van der Waals surface area contributed by atoms with Crippen molar-refractivity contribution in [1.29, 1.82) is 0 Å². The molecule has 122 valence electrons. The van der Waals surface area contributed by atoms with E-state index in [0.717, 1.165) is 18.1 Å². The number of aliphatic hydroxyl groups is 1. The van der Waals surface area contributed by atoms with E-state index in [1.807, 2.05) is 18.2 Å². The first-order valence-electron chi connectivity index (χ1n) is 8.68. The third-order valence-electron chi connectivity index (χ3n) is 5.78. The monoisotopic (exact) mass is 312 g/mol. The minimum Gasteiger partial charge on any atom is -0.508 e. The van der Waals surface area contributed by atoms with Crippen molar-refractivity contribution in [3.8, 4) is 11.5 Å². The van der Waals surface area contributed by atoms with Crippen LogP contribution in [0.25, 0.3) is 0 Å². The smallest absolute Gasteiger partial charge is 0.123 e. The lowest BCUT2D eigenvalue weighted by atomic mass is 9.65. The number of allylic oxidation sites excluding steroid dienone is 2. The van der Waals surface area contributed by atoms with E-state index in [9.17, 15) is 10.2 Å². The zero-order chi connectivity index (χ0) is 16.0. The van der Waals surface area contributed by atoms with E-state index in [2.05, 4.69) is 13.0 Å². The average Bonchev–Trinajstić information content (AvgIpc) is 2.55. The number of phenolic OH excluding ortho intramolecular Hbond substituents is 1. The number of aromatic hydroxyl groups is 1. The minimum atomic E-state index is 0.158. The van der Waals surface area contributed by atoms with Crippen LogP contribution < -0.4 is 4.74 Å². The summed E-state index contributed by atoms with van der Waals surface area (Å²) in [6, 6.07) is 5.52. The van der Waals surface area contributed by atoms with Crippen LogP contribution in [0.1, 0.15) is 44.1 Å². The third-order valence-corrected chi connectivity index (χ3v) is 5.78. The molecule has 1 heterocycles. The van der Waals surface area contributed by atoms with Gasteiger partial charge < -0.3 is 14.9 Å². The van der Waals surface area contributed by atoms with E-state index in [1.165, 1.54) is 24.8 Å². The summed E-state index contributed by atoms with van der Waals surface area (Å²) < 4.78 is 6.39. The maximum Gasteiger partial charge on any atom is 0.123 e. The van der Waals surface area contributed by atoms with Crippen LogP contribution in [0.5, 0.6) is 11.5 Å². The first-order valence-corrected chi connectivity index (χ1v) is 8.68. The zero-order valence-electron chi connectivity index (χ0n) is 13.5. The highest BCUT2D eigenvalue weighted by Crippen LogP contribution is 2.51. The van der Waals surface area contributed by atoms with E-state index in [1.54, 1.807) is 12.1 Å². The van der Waals surface area contributed by atoms with Gasteiger partial charge in [0.2, 0.25) is 0 Å². The summed E-state index contributed by atoms with van der Waals surface area (Å²) in [5.74, 6) is 3.60. The number of aliphatic hydroxyl groups excluding tert-OH is 1. The van der Waals surface area contributed by atoms with Crippen molar-refractivity contribution in [3.63, 3.8) is 0 Å². The minimum absolute atomic E-state index is 0.158. The Hall–Kier alpha value is -1.90. The molecule has 3 heteroatoms. The first kappa shape index (κ1) is 14.7. The number of hydrogen-bond acceptors (Lipinski definition) is 3. The number of benzene rings is 1. The second-order valence-electron chi connectivity index (χ2n) is 7.38. The van der Waals surface area contributed by atoms with E-state index in [-0.39, 0.29) is 6.10 Å². The third kappa shape index (κ3) is 2.62. The highest BCUT2D eigenvalue weighted by atomic mass is 16.5. The first-order chi connectivity index (χ1) is 11.1. The largest absolute Gasteiger partial charge is 0.508 e. The highest BCUT2D eigenvalue weighted by Gasteiger charge is 2.43. The number of phenols is 1. The van der Waals surface area contributed by atoms with Gasteiger partial charge in [0.15, 0.2) is 0 Å². The van der Waals surface area contributed by atoms with Crippen molar-refractivity contribution >= 4 is 0 Å². The maximum atomic E-state index is 9.89. The molecule has 0 spiro atoms. The van der Waals surface area contributed by atoms with Crippen molar-refractivity contribution in [2.75, 3.05) is 0 Å². The zero-order valence-corrected chi connectivity index (χ0v) is 13.5. The van der Waals surface area contributed by atoms with Crippen LogP contribution in [0.15, 0.2) is 42.2 Å². The molecular weight excluding hydrogens is 288 g/mol. The number of ether oxygens (including phenoxy) is 1. The molecule has 0 aromatic heterocycles. The SMILES string of the molecule is CC1CC[C@@H]2[C@H](C1)c1cc(O)ccc1O[C@@H]2C1C=CC(O)=CC1. The van der Waals surface area contributed by atoms with Gasteiger partial charge in [0.25, 0.3) is 0 Å². The van der Waals surface area contributed by atoms with Crippen molar-refractivity contribution in [3.05, 3.63) is 47.7 Å². The normalized spacial score (nSPS) is 35.7. The Morgan fingerprint density at radius 1 is 1.17 bits per heavy atom. The van der Waals surface area contributed by atoms with Gasteiger partial charge >= 0.3 is 0 Å². The van der Waals surface area contributed by atoms with Gasteiger partial charge in [-0.3, -0.25) is 0 Å². The van der Waals surface area contributed by atoms with E-state index < -0.39 is 0 Å². The highest BCUT2D eigenvalue weighted by molar-refractivity contribution is 5.44. The van der Waals surface area contributed by atoms with Gasteiger partial charge in [0, 0.05) is 17.4 Å². The van der Waals surface area contributed by atoms with Crippen molar-refractivity contribution in [2.45, 2.75) is 44.6 Å². The molecule has 1 fully saturated rings. The summed E-state index contributed by atoms with van der Waals surface area (Å²) in [5.41, 5.74) is 1.18. The quantitative estimate of drug-likeness (QED) is 0.791. The molecule has 0 saturated heterocycles. The second kappa shape index (κ2) is 5.63. The molecule has 0 radical (unpaired) electrons. The van der Waals surface area contributed by atoms with Gasteiger partial charge in [0.1, 0.15) is 23.4 Å². The molecule has 1 aromatic carbocycles. The molecule has 2 unspecified atom stereocenters. The van der Waals surface area contributed by atoms with Crippen molar-refractivity contribution in [1.82, 2.24) is 0 Å². The number of hydrogen-bond donors (Lipinski definition) is 2. The van der Waals surface area contributed by atoms with Crippen LogP contribution in [-0.4, -0.2) is 16.3 Å². The lowest BCUT2D eigenvalue weighted by Crippen LogP contribution is -2.43. The molecule has 3 nitrogen and oxygen atoms in total. The summed E-state index contributed by atoms with van der Waals surface area (Å²) in [4.78, 5) is 0. The van der Waals surface area contributed by atoms with Gasteiger partial charge in [-0.15, -0.1) is 0 Å². The topological polar surface area (TPSA) is 49.7 Å². The average molecular weight is 312 g/mol. The second-order valence-corrected chi connectivity index (χ2v) is 7.38. The molecule has 3 aliphatic rings. The molecule has 5 atom stereocenters. The standard InChI is InChI=1S/C20H24O3/c1-12-2-8-16-17(10-12)18-11-15(22)7-9-19(18)23-20(16)13-3-5-14(21)6-4-13/h3,5-7,9,11-13,16-17,20-22H,2,4,8,10H2,1H3/t12?,13?,16-,17+,20-/m1/s1. The van der Waals surface area contributed by atoms with Crippen LogP contribution in [0.4, 0.5) is 0 Å². The van der Waals surface area contributed by atoms with Crippen LogP contribution >= 0.6 is 0 Å². The van der Waals surface area contributed by atoms with Gasteiger partial charge in [-0.05, 0) is 61.4 Å². The Labute approximate surface area is 137 Å². The Balaban J connectivity index is 1.69. The van der Waals surface area contributed by atoms with Gasteiger partial charge in [-0.25, -0.2) is 0 Å². The van der Waals surface area contributed by atoms with Gasteiger partial charge in [0.05, 0.1) is 0 Å². The molecule has 23 heavy (non-hydrogen) atoms. The number of rotatable bonds is 1. The van der Waals surface area contributed by atoms with Crippen LogP contribution in [-0.2, 0) is 0 Å². The number of fused-ring (bicyclic) bond motifs is 3. The molecule has 1 aromatic rings. The summed E-state index contributed by atoms with van der Waals surface area (Å²) in [6.07, 6.45) is 10.4. The maximum absolute atomic E-state index is 9.89. The Bertz CT molecular complexity index is 661. The van der Waals surface area contributed by atoms with Gasteiger partial charge in [-0.2, -0.15) is 0 Å². The van der Waals surface area contributed by atoms with Crippen LogP contribution in [0, 0.1) is 17.8 Å². The summed E-state index contributed by atoms with van der Waals surface area (Å²) in [7, 11) is 0.